The number of para-hydroxylation sites is 1. The topological polar surface area (TPSA) is 83.6 Å². The third-order valence-corrected chi connectivity index (χ3v) is 5.02. The zero-order chi connectivity index (χ0) is 18.3. The van der Waals surface area contributed by atoms with Crippen LogP contribution in [0, 0.1) is 25.2 Å². The largest absolute Gasteiger partial charge is 0.318 e. The Balaban J connectivity index is 1.62. The molecule has 0 bridgehead atoms. The Morgan fingerprint density at radius 3 is 2.92 bits per heavy atom. The minimum atomic E-state index is -0.179. The minimum Gasteiger partial charge on any atom is -0.318 e. The number of hydrogen-bond donors (Lipinski definition) is 1. The highest BCUT2D eigenvalue weighted by Gasteiger charge is 2.22. The quantitative estimate of drug-likeness (QED) is 0.791. The molecule has 0 saturated carbocycles. The Bertz CT molecular complexity index is 1070. The van der Waals surface area contributed by atoms with Crippen molar-refractivity contribution in [2.75, 3.05) is 5.32 Å². The van der Waals surface area contributed by atoms with E-state index in [2.05, 4.69) is 21.4 Å². The summed E-state index contributed by atoms with van der Waals surface area (Å²) in [7, 11) is 0. The van der Waals surface area contributed by atoms with Gasteiger partial charge in [0, 0.05) is 24.0 Å². The van der Waals surface area contributed by atoms with Crippen LogP contribution < -0.4 is 5.32 Å². The van der Waals surface area contributed by atoms with E-state index in [9.17, 15) is 10.1 Å². The van der Waals surface area contributed by atoms with Crippen molar-refractivity contribution in [1.29, 1.82) is 5.26 Å². The van der Waals surface area contributed by atoms with E-state index < -0.39 is 0 Å². The van der Waals surface area contributed by atoms with Crippen LogP contribution in [0.2, 0.25) is 0 Å². The first-order valence-corrected chi connectivity index (χ1v) is 8.72. The average Bonchev–Trinajstić information content (AvgIpc) is 3.19. The van der Waals surface area contributed by atoms with Crippen LogP contribution in [0.3, 0.4) is 0 Å². The fourth-order valence-electron chi connectivity index (χ4n) is 3.69. The molecule has 3 heterocycles. The smallest absolute Gasteiger partial charge is 0.230 e. The highest BCUT2D eigenvalue weighted by atomic mass is 16.1. The van der Waals surface area contributed by atoms with Crippen LogP contribution in [0.25, 0.3) is 10.9 Å². The summed E-state index contributed by atoms with van der Waals surface area (Å²) in [4.78, 5) is 21.7. The van der Waals surface area contributed by atoms with Gasteiger partial charge in [-0.05, 0) is 37.5 Å². The number of aromatic nitrogens is 3. The number of nitriles is 1. The van der Waals surface area contributed by atoms with Crippen molar-refractivity contribution in [1.82, 2.24) is 14.5 Å². The average molecular weight is 345 g/mol. The van der Waals surface area contributed by atoms with Gasteiger partial charge in [0.2, 0.25) is 5.91 Å². The van der Waals surface area contributed by atoms with Crippen molar-refractivity contribution in [3.8, 4) is 6.07 Å². The molecular weight excluding hydrogens is 326 g/mol. The molecule has 0 aliphatic carbocycles. The molecule has 0 atom stereocenters. The molecule has 0 radical (unpaired) electrons. The molecule has 130 valence electrons. The van der Waals surface area contributed by atoms with Crippen molar-refractivity contribution in [3.63, 3.8) is 0 Å². The molecule has 1 aromatic carbocycles. The number of fused-ring (bicyclic) bond motifs is 2. The van der Waals surface area contributed by atoms with Crippen LogP contribution in [0.5, 0.6) is 0 Å². The fourth-order valence-corrected chi connectivity index (χ4v) is 3.69. The molecule has 26 heavy (non-hydrogen) atoms. The van der Waals surface area contributed by atoms with Gasteiger partial charge in [-0.3, -0.25) is 9.78 Å². The molecule has 6 heteroatoms. The summed E-state index contributed by atoms with van der Waals surface area (Å²) in [5, 5.41) is 13.3. The maximum atomic E-state index is 12.6. The van der Waals surface area contributed by atoms with Crippen molar-refractivity contribution < 1.29 is 4.79 Å². The molecule has 0 spiro atoms. The molecule has 0 unspecified atom stereocenters. The van der Waals surface area contributed by atoms with Crippen LogP contribution >= 0.6 is 0 Å². The summed E-state index contributed by atoms with van der Waals surface area (Å²) in [6, 6.07) is 10.1. The number of pyridine rings is 1. The van der Waals surface area contributed by atoms with Crippen LogP contribution in [0.15, 0.2) is 24.3 Å². The molecule has 1 N–H and O–H groups in total. The molecule has 0 saturated heterocycles. The van der Waals surface area contributed by atoms with Crippen LogP contribution in [-0.4, -0.2) is 20.4 Å². The van der Waals surface area contributed by atoms with E-state index in [1.165, 1.54) is 0 Å². The van der Waals surface area contributed by atoms with E-state index in [-0.39, 0.29) is 12.3 Å². The summed E-state index contributed by atoms with van der Waals surface area (Å²) in [5.74, 6) is 1.06. The number of aryl methyl sites for hydroxylation is 3. The third kappa shape index (κ3) is 2.62. The Morgan fingerprint density at radius 1 is 1.31 bits per heavy atom. The summed E-state index contributed by atoms with van der Waals surface area (Å²) in [6.07, 6.45) is 2.05. The second-order valence-electron chi connectivity index (χ2n) is 6.64. The van der Waals surface area contributed by atoms with Crippen LogP contribution in [-0.2, 0) is 24.2 Å². The van der Waals surface area contributed by atoms with Gasteiger partial charge >= 0.3 is 0 Å². The minimum absolute atomic E-state index is 0.179. The predicted molar refractivity (Wildman–Crippen MR) is 98.8 cm³/mol. The SMILES string of the molecule is Cc1nc2ccccc2c(C)c1CC(=O)Nc1nc2n(c1C#N)CCC2. The van der Waals surface area contributed by atoms with Crippen molar-refractivity contribution in [2.45, 2.75) is 39.7 Å². The molecule has 4 rings (SSSR count). The van der Waals surface area contributed by atoms with Gasteiger partial charge in [-0.25, -0.2) is 4.98 Å². The van der Waals surface area contributed by atoms with E-state index in [1.54, 1.807) is 0 Å². The first kappa shape index (κ1) is 16.3. The molecule has 0 fully saturated rings. The van der Waals surface area contributed by atoms with Gasteiger partial charge in [0.15, 0.2) is 11.5 Å². The maximum absolute atomic E-state index is 12.6. The summed E-state index contributed by atoms with van der Waals surface area (Å²) >= 11 is 0. The van der Waals surface area contributed by atoms with Crippen molar-refractivity contribution in [2.24, 2.45) is 0 Å². The molecule has 6 nitrogen and oxygen atoms in total. The zero-order valence-corrected chi connectivity index (χ0v) is 14.8. The van der Waals surface area contributed by atoms with Crippen LogP contribution in [0.1, 0.15) is 34.8 Å². The molecule has 1 amide bonds. The van der Waals surface area contributed by atoms with Gasteiger partial charge in [0.25, 0.3) is 0 Å². The number of amides is 1. The Hall–Kier alpha value is -3.20. The van der Waals surface area contributed by atoms with E-state index in [0.29, 0.717) is 11.5 Å². The first-order valence-electron chi connectivity index (χ1n) is 8.72. The number of carbonyl (C=O) groups is 1. The normalized spacial score (nSPS) is 12.8. The lowest BCUT2D eigenvalue weighted by Crippen LogP contribution is -2.17. The number of anilines is 1. The monoisotopic (exact) mass is 345 g/mol. The lowest BCUT2D eigenvalue weighted by Gasteiger charge is -2.12. The lowest BCUT2D eigenvalue weighted by molar-refractivity contribution is -0.115. The number of imidazole rings is 1. The summed E-state index contributed by atoms with van der Waals surface area (Å²) < 4.78 is 1.89. The fraction of sp³-hybridized carbons (Fsp3) is 0.300. The molecular formula is C20H19N5O. The second-order valence-corrected chi connectivity index (χ2v) is 6.64. The number of benzene rings is 1. The van der Waals surface area contributed by atoms with Gasteiger partial charge in [-0.2, -0.15) is 5.26 Å². The van der Waals surface area contributed by atoms with E-state index in [0.717, 1.165) is 52.9 Å². The number of nitrogens with zero attached hydrogens (tertiary/aromatic N) is 4. The molecule has 2 aromatic heterocycles. The number of hydrogen-bond acceptors (Lipinski definition) is 4. The van der Waals surface area contributed by atoms with Gasteiger partial charge in [-0.1, -0.05) is 18.2 Å². The van der Waals surface area contributed by atoms with Gasteiger partial charge in [0.05, 0.1) is 11.9 Å². The molecule has 3 aromatic rings. The highest BCUT2D eigenvalue weighted by molar-refractivity contribution is 5.94. The zero-order valence-electron chi connectivity index (χ0n) is 14.8. The van der Waals surface area contributed by atoms with E-state index in [1.807, 2.05) is 42.7 Å². The standard InChI is InChI=1S/C20H19N5O/c1-12-14-6-3-4-7-16(14)22-13(2)15(12)10-19(26)24-20-17(11-21)25-9-5-8-18(25)23-20/h3-4,6-7H,5,8-10H2,1-2H3,(H,24,26). The molecule has 1 aliphatic heterocycles. The van der Waals surface area contributed by atoms with Gasteiger partial charge < -0.3 is 9.88 Å². The summed E-state index contributed by atoms with van der Waals surface area (Å²) in [6.45, 7) is 4.73. The number of carbonyl (C=O) groups excluding carboxylic acids is 1. The number of nitrogens with one attached hydrogen (secondary N) is 1. The summed E-state index contributed by atoms with van der Waals surface area (Å²) in [5.41, 5.74) is 4.21. The van der Waals surface area contributed by atoms with Crippen molar-refractivity contribution >= 4 is 22.6 Å². The van der Waals surface area contributed by atoms with E-state index >= 15 is 0 Å². The van der Waals surface area contributed by atoms with Gasteiger partial charge in [0.1, 0.15) is 11.9 Å². The Labute approximate surface area is 151 Å². The Morgan fingerprint density at radius 2 is 2.12 bits per heavy atom. The lowest BCUT2D eigenvalue weighted by atomic mass is 9.99. The van der Waals surface area contributed by atoms with Crippen molar-refractivity contribution in [3.05, 3.63) is 52.6 Å². The number of rotatable bonds is 3. The second kappa shape index (κ2) is 6.26. The van der Waals surface area contributed by atoms with Gasteiger partial charge in [-0.15, -0.1) is 0 Å². The molecule has 1 aliphatic rings. The highest BCUT2D eigenvalue weighted by Crippen LogP contribution is 2.25. The van der Waals surface area contributed by atoms with E-state index in [4.69, 9.17) is 0 Å². The van der Waals surface area contributed by atoms with Crippen LogP contribution in [0.4, 0.5) is 5.82 Å². The maximum Gasteiger partial charge on any atom is 0.230 e. The third-order valence-electron chi connectivity index (χ3n) is 5.02. The predicted octanol–water partition coefficient (Wildman–Crippen LogP) is 3.05. The Kier molecular flexibility index (Phi) is 3.92. The first-order chi connectivity index (χ1) is 12.6.